The van der Waals surface area contributed by atoms with Crippen LogP contribution >= 0.6 is 48.0 Å². The lowest BCUT2D eigenvalue weighted by molar-refractivity contribution is 0.0343. The molecule has 2 N–H and O–H groups in total. The molecular formula is C14H32Cl4N2O3. The maximum Gasteiger partial charge on any atom is 0.0831 e. The Hall–Kier alpha value is 0.960. The van der Waals surface area contributed by atoms with Gasteiger partial charge in [-0.3, -0.25) is 0 Å². The SMILES string of the molecule is CN(C)C(CCOCCC(C(O)CCl)N(C)C)C(O)CCl.Cl.Cl. The molecule has 0 spiro atoms. The molecule has 0 aromatic heterocycles. The number of alkyl halides is 2. The van der Waals surface area contributed by atoms with Gasteiger partial charge in [-0.05, 0) is 41.0 Å². The van der Waals surface area contributed by atoms with E-state index in [-0.39, 0.29) is 48.7 Å². The van der Waals surface area contributed by atoms with E-state index in [2.05, 4.69) is 0 Å². The molecular weight excluding hydrogens is 386 g/mol. The normalized spacial score (nSPS) is 16.4. The molecule has 0 aromatic carbocycles. The molecule has 0 saturated heterocycles. The number of ether oxygens (including phenoxy) is 1. The Morgan fingerprint density at radius 2 is 1.09 bits per heavy atom. The van der Waals surface area contributed by atoms with Crippen molar-refractivity contribution in [3.63, 3.8) is 0 Å². The van der Waals surface area contributed by atoms with Gasteiger partial charge in [0.25, 0.3) is 0 Å². The third-order valence-electron chi connectivity index (χ3n) is 3.65. The lowest BCUT2D eigenvalue weighted by Crippen LogP contribution is -2.41. The molecule has 0 amide bonds. The van der Waals surface area contributed by atoms with Crippen molar-refractivity contribution in [1.29, 1.82) is 0 Å². The summed E-state index contributed by atoms with van der Waals surface area (Å²) in [6, 6.07) is -0.0267. The lowest BCUT2D eigenvalue weighted by atomic mass is 10.1. The molecule has 0 bridgehead atoms. The van der Waals surface area contributed by atoms with Crippen LogP contribution in [0.1, 0.15) is 12.8 Å². The largest absolute Gasteiger partial charge is 0.390 e. The molecule has 4 unspecified atom stereocenters. The average Bonchev–Trinajstić information content (AvgIpc) is 2.44. The number of aliphatic hydroxyl groups is 2. The molecule has 0 saturated carbocycles. The molecule has 5 nitrogen and oxygen atoms in total. The van der Waals surface area contributed by atoms with Crippen LogP contribution in [0, 0.1) is 0 Å². The monoisotopic (exact) mass is 416 g/mol. The first-order valence-electron chi connectivity index (χ1n) is 7.23. The van der Waals surface area contributed by atoms with Gasteiger partial charge in [0.15, 0.2) is 0 Å². The van der Waals surface area contributed by atoms with Gasteiger partial charge in [-0.1, -0.05) is 0 Å². The average molecular weight is 418 g/mol. The molecule has 144 valence electrons. The van der Waals surface area contributed by atoms with Crippen LogP contribution < -0.4 is 0 Å². The third-order valence-corrected chi connectivity index (χ3v) is 4.28. The van der Waals surface area contributed by atoms with Crippen molar-refractivity contribution in [2.24, 2.45) is 0 Å². The van der Waals surface area contributed by atoms with Gasteiger partial charge in [-0.25, -0.2) is 0 Å². The Labute approximate surface area is 163 Å². The minimum absolute atomic E-state index is 0. The van der Waals surface area contributed by atoms with Gasteiger partial charge >= 0.3 is 0 Å². The Morgan fingerprint density at radius 1 is 0.783 bits per heavy atom. The van der Waals surface area contributed by atoms with Gasteiger partial charge in [0.2, 0.25) is 0 Å². The Bertz CT molecular complexity index is 240. The van der Waals surface area contributed by atoms with Gasteiger partial charge in [0.1, 0.15) is 0 Å². The summed E-state index contributed by atoms with van der Waals surface area (Å²) < 4.78 is 5.62. The summed E-state index contributed by atoms with van der Waals surface area (Å²) in [4.78, 5) is 3.91. The second kappa shape index (κ2) is 16.4. The summed E-state index contributed by atoms with van der Waals surface area (Å²) in [5.41, 5.74) is 0. The van der Waals surface area contributed by atoms with Crippen molar-refractivity contribution in [3.8, 4) is 0 Å². The molecule has 0 aliphatic rings. The molecule has 0 rings (SSSR count). The number of aliphatic hydroxyl groups excluding tert-OH is 2. The molecule has 0 aromatic rings. The highest BCUT2D eigenvalue weighted by atomic mass is 35.5. The fraction of sp³-hybridized carbons (Fsp3) is 1.00. The van der Waals surface area contributed by atoms with Gasteiger partial charge < -0.3 is 24.7 Å². The van der Waals surface area contributed by atoms with Crippen LogP contribution in [-0.2, 0) is 4.74 Å². The van der Waals surface area contributed by atoms with Crippen molar-refractivity contribution in [2.75, 3.05) is 53.2 Å². The van der Waals surface area contributed by atoms with Crippen LogP contribution in [0.25, 0.3) is 0 Å². The summed E-state index contributed by atoms with van der Waals surface area (Å²) in [5, 5.41) is 19.7. The Kier molecular flexibility index (Phi) is 20.5. The summed E-state index contributed by atoms with van der Waals surface area (Å²) in [6.07, 6.45) is 0.313. The number of hydrogen-bond acceptors (Lipinski definition) is 5. The van der Waals surface area contributed by atoms with Crippen molar-refractivity contribution in [1.82, 2.24) is 9.80 Å². The van der Waals surface area contributed by atoms with Crippen LogP contribution in [-0.4, -0.2) is 97.5 Å². The van der Waals surface area contributed by atoms with Crippen LogP contribution in [0.15, 0.2) is 0 Å². The van der Waals surface area contributed by atoms with Crippen LogP contribution in [0.4, 0.5) is 0 Å². The minimum Gasteiger partial charge on any atom is -0.390 e. The van der Waals surface area contributed by atoms with Gasteiger partial charge in [-0.2, -0.15) is 0 Å². The van der Waals surface area contributed by atoms with E-state index in [0.29, 0.717) is 26.1 Å². The smallest absolute Gasteiger partial charge is 0.0831 e. The second-order valence-corrected chi connectivity index (χ2v) is 6.31. The fourth-order valence-corrected chi connectivity index (χ4v) is 2.72. The first-order chi connectivity index (χ1) is 9.84. The summed E-state index contributed by atoms with van der Waals surface area (Å²) in [7, 11) is 7.66. The molecule has 0 fully saturated rings. The van der Waals surface area contributed by atoms with E-state index in [4.69, 9.17) is 27.9 Å². The zero-order valence-electron chi connectivity index (χ0n) is 14.3. The first kappa shape index (κ1) is 28.8. The fourth-order valence-electron chi connectivity index (χ4n) is 2.31. The van der Waals surface area contributed by atoms with E-state index in [0.717, 1.165) is 0 Å². The number of halogens is 4. The second-order valence-electron chi connectivity index (χ2n) is 5.69. The quantitative estimate of drug-likeness (QED) is 0.373. The van der Waals surface area contributed by atoms with Gasteiger partial charge in [0.05, 0.1) is 12.2 Å². The van der Waals surface area contributed by atoms with Gasteiger partial charge in [0, 0.05) is 37.1 Å². The maximum atomic E-state index is 9.83. The summed E-state index contributed by atoms with van der Waals surface area (Å²) >= 11 is 11.4. The molecule has 0 heterocycles. The topological polar surface area (TPSA) is 56.2 Å². The predicted octanol–water partition coefficient (Wildman–Crippen LogP) is 1.69. The van der Waals surface area contributed by atoms with E-state index >= 15 is 0 Å². The summed E-state index contributed by atoms with van der Waals surface area (Å²) in [6.45, 7) is 1.10. The number of rotatable bonds is 12. The van der Waals surface area contributed by atoms with Crippen LogP contribution in [0.3, 0.4) is 0 Å². The third kappa shape index (κ3) is 12.0. The highest BCUT2D eigenvalue weighted by molar-refractivity contribution is 6.18. The highest BCUT2D eigenvalue weighted by Crippen LogP contribution is 2.10. The van der Waals surface area contributed by atoms with Crippen LogP contribution in [0.2, 0.25) is 0 Å². The van der Waals surface area contributed by atoms with E-state index in [1.807, 2.05) is 38.0 Å². The minimum atomic E-state index is -0.558. The molecule has 0 aliphatic heterocycles. The van der Waals surface area contributed by atoms with Gasteiger partial charge in [-0.15, -0.1) is 48.0 Å². The van der Waals surface area contributed by atoms with E-state index < -0.39 is 12.2 Å². The highest BCUT2D eigenvalue weighted by Gasteiger charge is 2.22. The Balaban J connectivity index is -0.00000200. The van der Waals surface area contributed by atoms with Crippen LogP contribution in [0.5, 0.6) is 0 Å². The first-order valence-corrected chi connectivity index (χ1v) is 8.30. The van der Waals surface area contributed by atoms with E-state index in [9.17, 15) is 10.2 Å². The van der Waals surface area contributed by atoms with Crippen molar-refractivity contribution in [3.05, 3.63) is 0 Å². The zero-order valence-corrected chi connectivity index (χ0v) is 17.5. The van der Waals surface area contributed by atoms with E-state index in [1.54, 1.807) is 0 Å². The number of likely N-dealkylation sites (N-methyl/N-ethyl adjacent to an activating group) is 2. The van der Waals surface area contributed by atoms with Crippen molar-refractivity contribution >= 4 is 48.0 Å². The molecule has 0 aliphatic carbocycles. The standard InChI is InChI=1S/C14H30Cl2N2O3.2ClH/c1-17(2)11(13(19)9-15)5-7-21-8-6-12(18(3)4)14(20)10-16;;/h11-14,19-20H,5-10H2,1-4H3;2*1H. The number of nitrogens with zero attached hydrogens (tertiary/aromatic N) is 2. The van der Waals surface area contributed by atoms with Crippen molar-refractivity contribution < 1.29 is 14.9 Å². The summed E-state index contributed by atoms with van der Waals surface area (Å²) in [5.74, 6) is 0.431. The zero-order chi connectivity index (χ0) is 16.4. The maximum absolute atomic E-state index is 9.83. The van der Waals surface area contributed by atoms with E-state index in [1.165, 1.54) is 0 Å². The molecule has 0 radical (unpaired) electrons. The molecule has 4 atom stereocenters. The molecule has 23 heavy (non-hydrogen) atoms. The van der Waals surface area contributed by atoms with Crippen molar-refractivity contribution in [2.45, 2.75) is 37.1 Å². The Morgan fingerprint density at radius 3 is 1.30 bits per heavy atom. The lowest BCUT2D eigenvalue weighted by Gasteiger charge is -2.29. The predicted molar refractivity (Wildman–Crippen MR) is 103 cm³/mol. The molecule has 9 heteroatoms. The number of hydrogen-bond donors (Lipinski definition) is 2.